The Hall–Kier alpha value is -2.08. The van der Waals surface area contributed by atoms with Gasteiger partial charge in [-0.25, -0.2) is 4.79 Å². The summed E-state index contributed by atoms with van der Waals surface area (Å²) in [4.78, 5) is 24.5. The Labute approximate surface area is 116 Å². The zero-order chi connectivity index (χ0) is 14.7. The van der Waals surface area contributed by atoms with Crippen LogP contribution >= 0.6 is 0 Å². The number of rotatable bonds is 4. The summed E-state index contributed by atoms with van der Waals surface area (Å²) in [6, 6.07) is 7.85. The van der Waals surface area contributed by atoms with Crippen LogP contribution in [0.3, 0.4) is 0 Å². The predicted octanol–water partition coefficient (Wildman–Crippen LogP) is 0.500. The molecule has 1 aliphatic heterocycles. The summed E-state index contributed by atoms with van der Waals surface area (Å²) in [6.07, 6.45) is -1.55. The highest BCUT2D eigenvalue weighted by Crippen LogP contribution is 2.20. The number of β-amino-alcohol motifs (C(OH)–C–C–N with tert-alkyl or cyclic N) is 1. The Balaban J connectivity index is 2.04. The highest BCUT2D eigenvalue weighted by Gasteiger charge is 2.40. The zero-order valence-electron chi connectivity index (χ0n) is 11.1. The van der Waals surface area contributed by atoms with Crippen molar-refractivity contribution >= 4 is 11.9 Å². The van der Waals surface area contributed by atoms with E-state index in [0.29, 0.717) is 5.75 Å². The van der Waals surface area contributed by atoms with Gasteiger partial charge in [-0.1, -0.05) is 18.2 Å². The number of carboxylic acid groups (broad SMARTS) is 1. The van der Waals surface area contributed by atoms with Gasteiger partial charge in [-0.3, -0.25) is 4.79 Å². The molecule has 6 nitrogen and oxygen atoms in total. The van der Waals surface area contributed by atoms with Crippen molar-refractivity contribution in [3.05, 3.63) is 30.3 Å². The molecule has 1 saturated heterocycles. The molecule has 1 aliphatic rings. The largest absolute Gasteiger partial charge is 0.481 e. The van der Waals surface area contributed by atoms with Crippen LogP contribution in [0.2, 0.25) is 0 Å². The monoisotopic (exact) mass is 279 g/mol. The Morgan fingerprint density at radius 3 is 2.60 bits per heavy atom. The Bertz CT molecular complexity index is 490. The molecule has 6 heteroatoms. The summed E-state index contributed by atoms with van der Waals surface area (Å²) < 4.78 is 5.49. The number of amides is 1. The summed E-state index contributed by atoms with van der Waals surface area (Å²) >= 11 is 0. The third-order valence-electron chi connectivity index (χ3n) is 3.25. The second kappa shape index (κ2) is 5.92. The molecule has 20 heavy (non-hydrogen) atoms. The van der Waals surface area contributed by atoms with Crippen LogP contribution in [0, 0.1) is 0 Å². The number of aliphatic hydroxyl groups is 1. The molecule has 0 saturated carbocycles. The average molecular weight is 279 g/mol. The summed E-state index contributed by atoms with van der Waals surface area (Å²) in [5.41, 5.74) is 0. The van der Waals surface area contributed by atoms with E-state index in [4.69, 9.17) is 9.84 Å². The van der Waals surface area contributed by atoms with Crippen molar-refractivity contribution in [2.75, 3.05) is 6.54 Å². The predicted molar refractivity (Wildman–Crippen MR) is 70.3 cm³/mol. The second-order valence-electron chi connectivity index (χ2n) is 4.81. The van der Waals surface area contributed by atoms with E-state index < -0.39 is 30.1 Å². The number of ether oxygens (including phenoxy) is 1. The SMILES string of the molecule is CC(Oc1ccccc1)C(=O)N1CC(O)C[C@H]1C(=O)O. The first-order valence-electron chi connectivity index (χ1n) is 6.42. The molecule has 2 rings (SSSR count). The van der Waals surface area contributed by atoms with Gasteiger partial charge in [0.2, 0.25) is 0 Å². The fourth-order valence-electron chi connectivity index (χ4n) is 2.28. The van der Waals surface area contributed by atoms with Crippen molar-refractivity contribution in [3.63, 3.8) is 0 Å². The Morgan fingerprint density at radius 1 is 1.35 bits per heavy atom. The molecule has 1 heterocycles. The fourth-order valence-corrected chi connectivity index (χ4v) is 2.28. The topological polar surface area (TPSA) is 87.1 Å². The van der Waals surface area contributed by atoms with Crippen LogP contribution in [0.25, 0.3) is 0 Å². The van der Waals surface area contributed by atoms with Gasteiger partial charge in [-0.15, -0.1) is 0 Å². The number of benzene rings is 1. The van der Waals surface area contributed by atoms with E-state index in [1.165, 1.54) is 4.90 Å². The molecule has 0 aliphatic carbocycles. The van der Waals surface area contributed by atoms with Crippen molar-refractivity contribution in [1.82, 2.24) is 4.90 Å². The number of para-hydroxylation sites is 1. The maximum Gasteiger partial charge on any atom is 0.326 e. The van der Waals surface area contributed by atoms with Crippen LogP contribution in [-0.2, 0) is 9.59 Å². The lowest BCUT2D eigenvalue weighted by Crippen LogP contribution is -2.46. The van der Waals surface area contributed by atoms with Gasteiger partial charge in [0.15, 0.2) is 6.10 Å². The molecule has 108 valence electrons. The number of hydrogen-bond acceptors (Lipinski definition) is 4. The first-order chi connectivity index (χ1) is 9.49. The first kappa shape index (κ1) is 14.3. The van der Waals surface area contributed by atoms with E-state index in [9.17, 15) is 14.7 Å². The maximum atomic E-state index is 12.2. The normalized spacial score (nSPS) is 23.4. The molecule has 3 atom stereocenters. The highest BCUT2D eigenvalue weighted by atomic mass is 16.5. The lowest BCUT2D eigenvalue weighted by molar-refractivity contribution is -0.150. The molecule has 0 aromatic heterocycles. The molecular formula is C14H17NO5. The van der Waals surface area contributed by atoms with Crippen molar-refractivity contribution in [3.8, 4) is 5.75 Å². The minimum Gasteiger partial charge on any atom is -0.481 e. The third-order valence-corrected chi connectivity index (χ3v) is 3.25. The van der Waals surface area contributed by atoms with Crippen molar-refractivity contribution in [1.29, 1.82) is 0 Å². The van der Waals surface area contributed by atoms with Crippen LogP contribution < -0.4 is 4.74 Å². The molecular weight excluding hydrogens is 262 g/mol. The number of carboxylic acids is 1. The van der Waals surface area contributed by atoms with Gasteiger partial charge in [0.1, 0.15) is 11.8 Å². The molecule has 1 fully saturated rings. The van der Waals surface area contributed by atoms with Crippen LogP contribution in [0.5, 0.6) is 5.75 Å². The zero-order valence-corrected chi connectivity index (χ0v) is 11.1. The van der Waals surface area contributed by atoms with E-state index in [1.807, 2.05) is 6.07 Å². The molecule has 0 bridgehead atoms. The van der Waals surface area contributed by atoms with Crippen LogP contribution in [0.1, 0.15) is 13.3 Å². The van der Waals surface area contributed by atoms with Crippen LogP contribution in [-0.4, -0.2) is 51.8 Å². The number of carbonyl (C=O) groups is 2. The van der Waals surface area contributed by atoms with E-state index in [2.05, 4.69) is 0 Å². The quantitative estimate of drug-likeness (QED) is 0.838. The Morgan fingerprint density at radius 2 is 2.00 bits per heavy atom. The van der Waals surface area contributed by atoms with Crippen molar-refractivity contribution < 1.29 is 24.5 Å². The molecule has 1 aromatic carbocycles. The molecule has 1 amide bonds. The van der Waals surface area contributed by atoms with Gasteiger partial charge in [0.25, 0.3) is 5.91 Å². The minimum absolute atomic E-state index is 0.0261. The van der Waals surface area contributed by atoms with Gasteiger partial charge in [0, 0.05) is 13.0 Å². The third kappa shape index (κ3) is 3.08. The molecule has 2 N–H and O–H groups in total. The lowest BCUT2D eigenvalue weighted by atomic mass is 10.2. The summed E-state index contributed by atoms with van der Waals surface area (Å²) in [7, 11) is 0. The van der Waals surface area contributed by atoms with Crippen molar-refractivity contribution in [2.45, 2.75) is 31.6 Å². The van der Waals surface area contributed by atoms with E-state index >= 15 is 0 Å². The van der Waals surface area contributed by atoms with Gasteiger partial charge in [-0.2, -0.15) is 0 Å². The van der Waals surface area contributed by atoms with Crippen LogP contribution in [0.15, 0.2) is 30.3 Å². The summed E-state index contributed by atoms with van der Waals surface area (Å²) in [5.74, 6) is -1.00. The smallest absolute Gasteiger partial charge is 0.326 e. The van der Waals surface area contributed by atoms with E-state index in [0.717, 1.165) is 0 Å². The van der Waals surface area contributed by atoms with Crippen molar-refractivity contribution in [2.24, 2.45) is 0 Å². The van der Waals surface area contributed by atoms with E-state index in [1.54, 1.807) is 31.2 Å². The standard InChI is InChI=1S/C14H17NO5/c1-9(20-11-5-3-2-4-6-11)13(17)15-8-10(16)7-12(15)14(18)19/h2-6,9-10,12,16H,7-8H2,1H3,(H,18,19)/t9?,10?,12-/m0/s1. The first-order valence-corrected chi connectivity index (χ1v) is 6.42. The molecule has 1 aromatic rings. The lowest BCUT2D eigenvalue weighted by Gasteiger charge is -2.25. The number of aliphatic hydroxyl groups excluding tert-OH is 1. The maximum absolute atomic E-state index is 12.2. The Kier molecular flexibility index (Phi) is 4.24. The van der Waals surface area contributed by atoms with Gasteiger partial charge in [0.05, 0.1) is 6.10 Å². The highest BCUT2D eigenvalue weighted by molar-refractivity contribution is 5.87. The van der Waals surface area contributed by atoms with Gasteiger partial charge >= 0.3 is 5.97 Å². The fraction of sp³-hybridized carbons (Fsp3) is 0.429. The number of likely N-dealkylation sites (tertiary alicyclic amines) is 1. The molecule has 2 unspecified atom stereocenters. The van der Waals surface area contributed by atoms with Gasteiger partial charge in [-0.05, 0) is 19.1 Å². The second-order valence-corrected chi connectivity index (χ2v) is 4.81. The molecule has 0 radical (unpaired) electrons. The minimum atomic E-state index is -1.11. The number of hydrogen-bond donors (Lipinski definition) is 2. The number of nitrogens with zero attached hydrogens (tertiary/aromatic N) is 1. The summed E-state index contributed by atoms with van der Waals surface area (Å²) in [6.45, 7) is 1.59. The number of carbonyl (C=O) groups excluding carboxylic acids is 1. The number of aliphatic carboxylic acids is 1. The molecule has 0 spiro atoms. The summed E-state index contributed by atoms with van der Waals surface area (Å²) in [5, 5.41) is 18.6. The van der Waals surface area contributed by atoms with Gasteiger partial charge < -0.3 is 19.8 Å². The van der Waals surface area contributed by atoms with E-state index in [-0.39, 0.29) is 13.0 Å². The average Bonchev–Trinajstić information content (AvgIpc) is 2.81. The van der Waals surface area contributed by atoms with Crippen LogP contribution in [0.4, 0.5) is 0 Å².